The molecule has 0 aliphatic heterocycles. The van der Waals surface area contributed by atoms with E-state index in [1.54, 1.807) is 26.1 Å². The third kappa shape index (κ3) is 5.64. The molecule has 0 fully saturated rings. The minimum absolute atomic E-state index is 0.381. The van der Waals surface area contributed by atoms with Crippen molar-refractivity contribution < 1.29 is 18.7 Å². The first-order chi connectivity index (χ1) is 13.1. The first-order valence-corrected chi connectivity index (χ1v) is 8.52. The van der Waals surface area contributed by atoms with Gasteiger partial charge in [0.25, 0.3) is 0 Å². The van der Waals surface area contributed by atoms with E-state index in [1.807, 2.05) is 24.3 Å². The van der Waals surface area contributed by atoms with E-state index in [4.69, 9.17) is 13.9 Å². The van der Waals surface area contributed by atoms with Crippen LogP contribution < -0.4 is 15.4 Å². The summed E-state index contributed by atoms with van der Waals surface area (Å²) in [5.41, 5.74) is 1.43. The van der Waals surface area contributed by atoms with E-state index in [2.05, 4.69) is 22.2 Å². The quantitative estimate of drug-likeness (QED) is 0.321. The number of benzene rings is 1. The Bertz CT molecular complexity index is 811. The number of nitrogens with zero attached hydrogens (tertiary/aromatic N) is 1. The number of carbonyl (C=O) groups is 1. The van der Waals surface area contributed by atoms with Crippen molar-refractivity contribution in [2.75, 3.05) is 20.8 Å². The summed E-state index contributed by atoms with van der Waals surface area (Å²) in [5.74, 6) is 2.12. The molecule has 144 valence electrons. The van der Waals surface area contributed by atoms with Crippen molar-refractivity contribution in [3.63, 3.8) is 0 Å². The van der Waals surface area contributed by atoms with Gasteiger partial charge in [-0.1, -0.05) is 30.9 Å². The zero-order chi connectivity index (χ0) is 19.6. The lowest BCUT2D eigenvalue weighted by molar-refractivity contribution is 0.0599. The number of hydrogen-bond acceptors (Lipinski definition) is 5. The highest BCUT2D eigenvalue weighted by Crippen LogP contribution is 2.18. The number of para-hydroxylation sites is 1. The van der Waals surface area contributed by atoms with E-state index in [0.29, 0.717) is 42.7 Å². The second-order valence-electron chi connectivity index (χ2n) is 5.66. The van der Waals surface area contributed by atoms with Gasteiger partial charge in [0.05, 0.1) is 13.7 Å². The number of aryl methyl sites for hydroxylation is 1. The topological polar surface area (TPSA) is 85.1 Å². The lowest BCUT2D eigenvalue weighted by Gasteiger charge is -2.14. The molecule has 0 bridgehead atoms. The molecule has 1 aromatic heterocycles. The standard InChI is InChI=1S/C20H25N3O4/c1-5-10-26-18-9-7-6-8-15(18)12-22-20(21-3)23-13-16-11-17(14(2)27-16)19(24)25-4/h5-9,11H,1,10,12-13H2,2-4H3,(H2,21,22,23). The Morgan fingerprint density at radius 2 is 2.04 bits per heavy atom. The van der Waals surface area contributed by atoms with Crippen LogP contribution in [-0.4, -0.2) is 32.7 Å². The van der Waals surface area contributed by atoms with Gasteiger partial charge in [0.15, 0.2) is 5.96 Å². The Kier molecular flexibility index (Phi) is 7.49. The third-order valence-corrected chi connectivity index (χ3v) is 3.80. The van der Waals surface area contributed by atoms with E-state index in [-0.39, 0.29) is 0 Å². The summed E-state index contributed by atoms with van der Waals surface area (Å²) in [6, 6.07) is 9.44. The van der Waals surface area contributed by atoms with Crippen molar-refractivity contribution in [3.05, 3.63) is 65.6 Å². The van der Waals surface area contributed by atoms with E-state index >= 15 is 0 Å². The maximum atomic E-state index is 11.7. The second-order valence-corrected chi connectivity index (χ2v) is 5.66. The van der Waals surface area contributed by atoms with Crippen LogP contribution in [-0.2, 0) is 17.8 Å². The van der Waals surface area contributed by atoms with Crippen LogP contribution in [0.4, 0.5) is 0 Å². The van der Waals surface area contributed by atoms with Crippen LogP contribution in [0.15, 0.2) is 52.4 Å². The minimum Gasteiger partial charge on any atom is -0.489 e. The van der Waals surface area contributed by atoms with Crippen LogP contribution in [0.5, 0.6) is 5.75 Å². The molecular formula is C20H25N3O4. The largest absolute Gasteiger partial charge is 0.489 e. The molecule has 1 heterocycles. The number of furan rings is 1. The number of methoxy groups -OCH3 is 1. The Morgan fingerprint density at radius 1 is 1.30 bits per heavy atom. The zero-order valence-corrected chi connectivity index (χ0v) is 15.9. The average molecular weight is 371 g/mol. The smallest absolute Gasteiger partial charge is 0.341 e. The molecular weight excluding hydrogens is 346 g/mol. The second kappa shape index (κ2) is 10.1. The highest BCUT2D eigenvalue weighted by molar-refractivity contribution is 5.90. The molecule has 0 saturated heterocycles. The SMILES string of the molecule is C=CCOc1ccccc1CNC(=NC)NCc1cc(C(=O)OC)c(C)o1. The monoisotopic (exact) mass is 371 g/mol. The molecule has 0 radical (unpaired) electrons. The molecule has 0 atom stereocenters. The van der Waals surface area contributed by atoms with Crippen LogP contribution in [0.25, 0.3) is 0 Å². The van der Waals surface area contributed by atoms with Gasteiger partial charge in [0.2, 0.25) is 0 Å². The molecule has 27 heavy (non-hydrogen) atoms. The van der Waals surface area contributed by atoms with E-state index in [0.717, 1.165) is 11.3 Å². The Balaban J connectivity index is 1.94. The molecule has 2 rings (SSSR count). The fourth-order valence-electron chi connectivity index (χ4n) is 2.45. The number of rotatable bonds is 8. The number of esters is 1. The molecule has 2 aromatic rings. The summed E-state index contributed by atoms with van der Waals surface area (Å²) in [7, 11) is 3.03. The minimum atomic E-state index is -0.416. The summed E-state index contributed by atoms with van der Waals surface area (Å²) in [6.45, 7) is 6.76. The number of carbonyl (C=O) groups excluding carboxylic acids is 1. The molecule has 0 amide bonds. The van der Waals surface area contributed by atoms with Crippen molar-refractivity contribution in [1.29, 1.82) is 0 Å². The molecule has 7 heteroatoms. The summed E-state index contributed by atoms with van der Waals surface area (Å²) in [5, 5.41) is 6.38. The molecule has 2 N–H and O–H groups in total. The van der Waals surface area contributed by atoms with E-state index in [1.165, 1.54) is 7.11 Å². The van der Waals surface area contributed by atoms with Crippen molar-refractivity contribution in [2.24, 2.45) is 4.99 Å². The fraction of sp³-hybridized carbons (Fsp3) is 0.300. The van der Waals surface area contributed by atoms with Crippen LogP contribution >= 0.6 is 0 Å². The number of nitrogens with one attached hydrogen (secondary N) is 2. The lowest BCUT2D eigenvalue weighted by atomic mass is 10.2. The van der Waals surface area contributed by atoms with E-state index in [9.17, 15) is 4.79 Å². The van der Waals surface area contributed by atoms with Crippen molar-refractivity contribution >= 4 is 11.9 Å². The van der Waals surface area contributed by atoms with Gasteiger partial charge in [-0.25, -0.2) is 4.79 Å². The summed E-state index contributed by atoms with van der Waals surface area (Å²) in [6.07, 6.45) is 1.71. The van der Waals surface area contributed by atoms with Crippen molar-refractivity contribution in [3.8, 4) is 5.75 Å². The molecule has 0 saturated carbocycles. The highest BCUT2D eigenvalue weighted by Gasteiger charge is 2.15. The van der Waals surface area contributed by atoms with Gasteiger partial charge in [-0.2, -0.15) is 0 Å². The van der Waals surface area contributed by atoms with Gasteiger partial charge >= 0.3 is 5.97 Å². The maximum Gasteiger partial charge on any atom is 0.341 e. The molecule has 0 aliphatic rings. The van der Waals surface area contributed by atoms with Crippen molar-refractivity contribution in [1.82, 2.24) is 10.6 Å². The fourth-order valence-corrected chi connectivity index (χ4v) is 2.45. The van der Waals surface area contributed by atoms with Gasteiger partial charge in [-0.05, 0) is 19.1 Å². The molecule has 7 nitrogen and oxygen atoms in total. The molecule has 0 unspecified atom stereocenters. The summed E-state index contributed by atoms with van der Waals surface area (Å²) in [4.78, 5) is 15.8. The number of guanidine groups is 1. The Labute approximate surface area is 159 Å². The Hall–Kier alpha value is -3.22. The predicted molar refractivity (Wildman–Crippen MR) is 104 cm³/mol. The van der Waals surface area contributed by atoms with Crippen LogP contribution in [0, 0.1) is 6.92 Å². The lowest BCUT2D eigenvalue weighted by Crippen LogP contribution is -2.36. The van der Waals surface area contributed by atoms with Crippen molar-refractivity contribution in [2.45, 2.75) is 20.0 Å². The first-order valence-electron chi connectivity index (χ1n) is 8.52. The van der Waals surface area contributed by atoms with Crippen LogP contribution in [0.3, 0.4) is 0 Å². The number of ether oxygens (including phenoxy) is 2. The summed E-state index contributed by atoms with van der Waals surface area (Å²) < 4.78 is 16.0. The van der Waals surface area contributed by atoms with Gasteiger partial charge in [-0.15, -0.1) is 0 Å². The maximum absolute atomic E-state index is 11.7. The van der Waals surface area contributed by atoms with E-state index < -0.39 is 5.97 Å². The highest BCUT2D eigenvalue weighted by atomic mass is 16.5. The normalized spacial score (nSPS) is 11.0. The molecule has 0 spiro atoms. The molecule has 0 aliphatic carbocycles. The van der Waals surface area contributed by atoms with Gasteiger partial charge in [0, 0.05) is 19.2 Å². The average Bonchev–Trinajstić information content (AvgIpc) is 3.07. The molecule has 1 aromatic carbocycles. The summed E-state index contributed by atoms with van der Waals surface area (Å²) >= 11 is 0. The Morgan fingerprint density at radius 3 is 2.74 bits per heavy atom. The third-order valence-electron chi connectivity index (χ3n) is 3.80. The zero-order valence-electron chi connectivity index (χ0n) is 15.9. The number of aliphatic imine (C=N–C) groups is 1. The van der Waals surface area contributed by atoms with Gasteiger partial charge in [-0.3, -0.25) is 4.99 Å². The number of hydrogen-bond donors (Lipinski definition) is 2. The van der Waals surface area contributed by atoms with Crippen LogP contribution in [0.1, 0.15) is 27.4 Å². The van der Waals surface area contributed by atoms with Gasteiger partial charge in [0.1, 0.15) is 29.4 Å². The first kappa shape index (κ1) is 20.1. The predicted octanol–water partition coefficient (Wildman–Crippen LogP) is 2.80. The van der Waals surface area contributed by atoms with Gasteiger partial charge < -0.3 is 24.5 Å². The van der Waals surface area contributed by atoms with Crippen LogP contribution in [0.2, 0.25) is 0 Å².